The zero-order valence-electron chi connectivity index (χ0n) is 17.4. The zero-order valence-corrected chi connectivity index (χ0v) is 17.4. The molecule has 0 amide bonds. The van der Waals surface area contributed by atoms with Gasteiger partial charge in [0.1, 0.15) is 0 Å². The molecule has 150 valence electrons. The molecule has 4 rings (SSSR count). The number of hydrogen-bond acceptors (Lipinski definition) is 5. The largest absolute Gasteiger partial charge is 0.348 e. The van der Waals surface area contributed by atoms with E-state index in [1.165, 1.54) is 26.1 Å². The van der Waals surface area contributed by atoms with E-state index in [-0.39, 0.29) is 11.0 Å². The van der Waals surface area contributed by atoms with Crippen molar-refractivity contribution in [3.05, 3.63) is 21.6 Å². The van der Waals surface area contributed by atoms with Crippen LogP contribution in [0.3, 0.4) is 0 Å². The molecule has 0 saturated carbocycles. The molecule has 1 aliphatic carbocycles. The van der Waals surface area contributed by atoms with Gasteiger partial charge < -0.3 is 14.7 Å². The fourth-order valence-electron chi connectivity index (χ4n) is 5.35. The lowest BCUT2D eigenvalue weighted by Gasteiger charge is -2.40. The highest BCUT2D eigenvalue weighted by Crippen LogP contribution is 2.44. The second-order valence-electron chi connectivity index (χ2n) is 9.44. The van der Waals surface area contributed by atoms with Crippen molar-refractivity contribution in [2.75, 3.05) is 51.7 Å². The van der Waals surface area contributed by atoms with Gasteiger partial charge in [0.2, 0.25) is 5.95 Å². The number of anilines is 1. The first kappa shape index (κ1) is 18.9. The van der Waals surface area contributed by atoms with Crippen LogP contribution in [0.1, 0.15) is 50.8 Å². The lowest BCUT2D eigenvalue weighted by Crippen LogP contribution is -2.44. The van der Waals surface area contributed by atoms with Crippen LogP contribution < -0.4 is 10.5 Å². The van der Waals surface area contributed by atoms with Gasteiger partial charge in [0.05, 0.1) is 5.69 Å². The maximum Gasteiger partial charge on any atom is 0.255 e. The van der Waals surface area contributed by atoms with Crippen LogP contribution in [0.15, 0.2) is 4.79 Å². The smallest absolute Gasteiger partial charge is 0.255 e. The lowest BCUT2D eigenvalue weighted by atomic mass is 9.76. The van der Waals surface area contributed by atoms with Crippen LogP contribution in [0.5, 0.6) is 0 Å². The lowest BCUT2D eigenvalue weighted by molar-refractivity contribution is 0.136. The van der Waals surface area contributed by atoms with Crippen LogP contribution in [-0.4, -0.2) is 72.6 Å². The van der Waals surface area contributed by atoms with Crippen molar-refractivity contribution < 1.29 is 0 Å². The summed E-state index contributed by atoms with van der Waals surface area (Å²) >= 11 is 0. The van der Waals surface area contributed by atoms with E-state index in [0.717, 1.165) is 55.9 Å². The van der Waals surface area contributed by atoms with Crippen LogP contribution in [0.2, 0.25) is 0 Å². The van der Waals surface area contributed by atoms with Gasteiger partial charge in [-0.3, -0.25) is 9.78 Å². The molecule has 1 aromatic heterocycles. The third-order valence-electron chi connectivity index (χ3n) is 7.16. The standard InChI is InChI=1S/C21H35N5O/c1-15(2)26-10-6-16(14-26)13-25-11-8-21(9-12-25)7-5-17-18(21)22-20(24(3)4)23-19(17)27/h15-16H,5-14H2,1-4H3,(H,22,23,27). The summed E-state index contributed by atoms with van der Waals surface area (Å²) in [6.07, 6.45) is 5.60. The molecule has 6 heteroatoms. The van der Waals surface area contributed by atoms with E-state index < -0.39 is 0 Å². The van der Waals surface area contributed by atoms with Gasteiger partial charge in [-0.2, -0.15) is 0 Å². The molecule has 27 heavy (non-hydrogen) atoms. The Morgan fingerprint density at radius 2 is 1.96 bits per heavy atom. The van der Waals surface area contributed by atoms with E-state index in [9.17, 15) is 4.79 Å². The van der Waals surface area contributed by atoms with E-state index in [4.69, 9.17) is 4.98 Å². The van der Waals surface area contributed by atoms with E-state index in [1.807, 2.05) is 19.0 Å². The van der Waals surface area contributed by atoms with E-state index in [1.54, 1.807) is 0 Å². The summed E-state index contributed by atoms with van der Waals surface area (Å²) in [6, 6.07) is 0.671. The second kappa shape index (κ2) is 7.21. The van der Waals surface area contributed by atoms with Gasteiger partial charge in [0, 0.05) is 44.2 Å². The Hall–Kier alpha value is -1.40. The number of H-pyrrole nitrogens is 1. The van der Waals surface area contributed by atoms with Crippen molar-refractivity contribution in [1.29, 1.82) is 0 Å². The Morgan fingerprint density at radius 1 is 1.22 bits per heavy atom. The Balaban J connectivity index is 1.42. The van der Waals surface area contributed by atoms with Crippen LogP contribution >= 0.6 is 0 Å². The van der Waals surface area contributed by atoms with Gasteiger partial charge in [0.15, 0.2) is 0 Å². The molecule has 1 atom stereocenters. The number of aromatic amines is 1. The highest BCUT2D eigenvalue weighted by molar-refractivity contribution is 5.39. The number of hydrogen-bond donors (Lipinski definition) is 1. The summed E-state index contributed by atoms with van der Waals surface area (Å²) in [4.78, 5) is 27.5. The molecule has 0 bridgehead atoms. The van der Waals surface area contributed by atoms with Crippen molar-refractivity contribution in [3.63, 3.8) is 0 Å². The fourth-order valence-corrected chi connectivity index (χ4v) is 5.35. The third kappa shape index (κ3) is 3.54. The molecule has 2 fully saturated rings. The Morgan fingerprint density at radius 3 is 2.59 bits per heavy atom. The summed E-state index contributed by atoms with van der Waals surface area (Å²) in [5.41, 5.74) is 2.24. The van der Waals surface area contributed by atoms with Gasteiger partial charge in [-0.1, -0.05) is 0 Å². The predicted molar refractivity (Wildman–Crippen MR) is 110 cm³/mol. The quantitative estimate of drug-likeness (QED) is 0.873. The van der Waals surface area contributed by atoms with Crippen molar-refractivity contribution in [1.82, 2.24) is 19.8 Å². The number of piperidine rings is 1. The number of aromatic nitrogens is 2. The monoisotopic (exact) mass is 373 g/mol. The van der Waals surface area contributed by atoms with Crippen molar-refractivity contribution in [2.24, 2.45) is 5.92 Å². The summed E-state index contributed by atoms with van der Waals surface area (Å²) in [5, 5.41) is 0. The second-order valence-corrected chi connectivity index (χ2v) is 9.44. The number of rotatable bonds is 4. The molecule has 3 heterocycles. The molecule has 2 saturated heterocycles. The highest BCUT2D eigenvalue weighted by Gasteiger charge is 2.44. The SMILES string of the molecule is CC(C)N1CCC(CN2CCC3(CCc4c3nc(N(C)C)[nH]c4=O)CC2)C1. The van der Waals surface area contributed by atoms with Crippen LogP contribution in [-0.2, 0) is 11.8 Å². The van der Waals surface area contributed by atoms with Crippen molar-refractivity contribution in [2.45, 2.75) is 57.4 Å². The minimum absolute atomic E-state index is 0.0720. The topological polar surface area (TPSA) is 55.5 Å². The van der Waals surface area contributed by atoms with Crippen molar-refractivity contribution in [3.8, 4) is 0 Å². The Kier molecular flexibility index (Phi) is 5.06. The zero-order chi connectivity index (χ0) is 19.2. The Bertz CT molecular complexity index is 733. The van der Waals surface area contributed by atoms with Gasteiger partial charge in [-0.15, -0.1) is 0 Å². The first-order chi connectivity index (χ1) is 12.9. The first-order valence-corrected chi connectivity index (χ1v) is 10.7. The minimum Gasteiger partial charge on any atom is -0.348 e. The van der Waals surface area contributed by atoms with E-state index in [0.29, 0.717) is 12.0 Å². The number of fused-ring (bicyclic) bond motifs is 2. The summed E-state index contributed by atoms with van der Waals surface area (Å²) in [6.45, 7) is 10.6. The normalized spacial score (nSPS) is 25.4. The maximum atomic E-state index is 12.5. The molecule has 6 nitrogen and oxygen atoms in total. The number of nitrogens with zero attached hydrogens (tertiary/aromatic N) is 4. The molecule has 1 N–H and O–H groups in total. The molecule has 1 unspecified atom stereocenters. The number of likely N-dealkylation sites (tertiary alicyclic amines) is 2. The molecule has 3 aliphatic rings. The van der Waals surface area contributed by atoms with Gasteiger partial charge in [-0.05, 0) is 71.5 Å². The summed E-state index contributed by atoms with van der Waals surface area (Å²) in [7, 11) is 3.88. The molecule has 2 aliphatic heterocycles. The average molecular weight is 374 g/mol. The fraction of sp³-hybridized carbons (Fsp3) is 0.810. The van der Waals surface area contributed by atoms with Crippen LogP contribution in [0.25, 0.3) is 0 Å². The summed E-state index contributed by atoms with van der Waals surface area (Å²) < 4.78 is 0. The van der Waals surface area contributed by atoms with E-state index >= 15 is 0 Å². The number of nitrogens with one attached hydrogen (secondary N) is 1. The Labute approximate surface area is 162 Å². The molecule has 1 spiro atoms. The minimum atomic E-state index is 0.0720. The third-order valence-corrected chi connectivity index (χ3v) is 7.16. The van der Waals surface area contributed by atoms with Crippen LogP contribution in [0, 0.1) is 5.92 Å². The van der Waals surface area contributed by atoms with Gasteiger partial charge in [0.25, 0.3) is 5.56 Å². The summed E-state index contributed by atoms with van der Waals surface area (Å²) in [5.74, 6) is 1.51. The average Bonchev–Trinajstić information content (AvgIpc) is 3.23. The molecular weight excluding hydrogens is 338 g/mol. The predicted octanol–water partition coefficient (Wildman–Crippen LogP) is 1.85. The van der Waals surface area contributed by atoms with Crippen molar-refractivity contribution >= 4 is 5.95 Å². The molecule has 1 aromatic rings. The van der Waals surface area contributed by atoms with Gasteiger partial charge in [-0.25, -0.2) is 4.98 Å². The first-order valence-electron chi connectivity index (χ1n) is 10.7. The molecular formula is C21H35N5O. The molecule has 0 radical (unpaired) electrons. The van der Waals surface area contributed by atoms with E-state index in [2.05, 4.69) is 28.6 Å². The highest BCUT2D eigenvalue weighted by atomic mass is 16.1. The van der Waals surface area contributed by atoms with Gasteiger partial charge >= 0.3 is 0 Å². The molecule has 0 aromatic carbocycles. The van der Waals surface area contributed by atoms with Crippen LogP contribution in [0.4, 0.5) is 5.95 Å². The maximum absolute atomic E-state index is 12.5.